The van der Waals surface area contributed by atoms with Crippen molar-refractivity contribution in [1.82, 2.24) is 9.97 Å². The molecule has 4 heteroatoms. The summed E-state index contributed by atoms with van der Waals surface area (Å²) in [6.07, 6.45) is 0. The summed E-state index contributed by atoms with van der Waals surface area (Å²) in [5, 5.41) is 11.8. The lowest BCUT2D eigenvalue weighted by atomic mass is 9.94. The zero-order valence-corrected chi connectivity index (χ0v) is 32.1. The average molecular weight is 741 g/mol. The fraction of sp³-hybridized carbons (Fsp3) is 0.0370. The number of fused-ring (bicyclic) bond motifs is 8. The molecule has 0 fully saturated rings. The quantitative estimate of drug-likeness (QED) is 0.159. The summed E-state index contributed by atoms with van der Waals surface area (Å²) in [5.74, 6) is 0. The minimum Gasteiger partial charge on any atom is -0.310 e. The number of nitrogens with zero attached hydrogens (tertiary/aromatic N) is 4. The van der Waals surface area contributed by atoms with Crippen LogP contribution in [0, 0.1) is 13.8 Å². The Bertz CT molecular complexity index is 3430. The Hall–Kier alpha value is -7.56. The molecule has 0 amide bonds. The SMILES string of the molecule is Cc1c(N(c2ccccc2)c2ccccc2)c2cccc3c4nc5c(nc4c(c1C)c23)c1cccc2c(N(c3ccccc3)c3ccccc3)c3ccccc3c5c21. The monoisotopic (exact) mass is 740 g/mol. The predicted molar refractivity (Wildman–Crippen MR) is 246 cm³/mol. The predicted octanol–water partition coefficient (Wildman–Crippen LogP) is 15.0. The lowest BCUT2D eigenvalue weighted by molar-refractivity contribution is 1.25. The van der Waals surface area contributed by atoms with Gasteiger partial charge in [0.1, 0.15) is 0 Å². The lowest BCUT2D eigenvalue weighted by Crippen LogP contribution is -2.12. The third-order valence-corrected chi connectivity index (χ3v) is 12.3. The summed E-state index contributed by atoms with van der Waals surface area (Å²) < 4.78 is 0. The van der Waals surface area contributed by atoms with E-state index in [-0.39, 0.29) is 0 Å². The summed E-state index contributed by atoms with van der Waals surface area (Å²) in [6.45, 7) is 4.53. The number of benzene rings is 9. The van der Waals surface area contributed by atoms with Crippen molar-refractivity contribution in [2.45, 2.75) is 13.8 Å². The van der Waals surface area contributed by atoms with Crippen LogP contribution < -0.4 is 9.80 Å². The maximum Gasteiger partial charge on any atom is 0.0986 e. The van der Waals surface area contributed by atoms with Gasteiger partial charge in [-0.25, -0.2) is 9.97 Å². The first-order valence-corrected chi connectivity index (χ1v) is 19.9. The first kappa shape index (κ1) is 32.7. The van der Waals surface area contributed by atoms with Crippen LogP contribution in [0.15, 0.2) is 182 Å². The summed E-state index contributed by atoms with van der Waals surface area (Å²) in [7, 11) is 0. The molecule has 11 aromatic carbocycles. The van der Waals surface area contributed by atoms with E-state index in [1.54, 1.807) is 0 Å². The molecule has 1 heterocycles. The van der Waals surface area contributed by atoms with Gasteiger partial charge >= 0.3 is 0 Å². The summed E-state index contributed by atoms with van der Waals surface area (Å²) in [6, 6.07) is 65.1. The molecule has 0 aliphatic rings. The maximum atomic E-state index is 5.73. The standard InChI is InChI=1S/C54H36N4/c1-33-34(2)53(57(35-19-7-3-8-20-35)36-21-9-4-10-22-36)43-31-17-29-41-46(43)45(33)51-49(41)56-52-48-39-27-15-16-28-40(39)54(44-32-18-30-42(47(44)48)50(52)55-51)58(37-23-11-5-12-24-37)38-25-13-6-14-26-38/h3-32H,1-2H3. The van der Waals surface area contributed by atoms with Gasteiger partial charge in [-0.3, -0.25) is 0 Å². The lowest BCUT2D eigenvalue weighted by Gasteiger charge is -2.29. The zero-order valence-electron chi connectivity index (χ0n) is 32.1. The number of aromatic nitrogens is 2. The fourth-order valence-electron chi connectivity index (χ4n) is 9.73. The molecule has 0 saturated heterocycles. The number of hydrogen-bond acceptors (Lipinski definition) is 4. The summed E-state index contributed by atoms with van der Waals surface area (Å²) in [5.41, 5.74) is 13.1. The molecule has 58 heavy (non-hydrogen) atoms. The number of hydrogen-bond donors (Lipinski definition) is 0. The van der Waals surface area contributed by atoms with Crippen LogP contribution in [0.2, 0.25) is 0 Å². The Morgan fingerprint density at radius 1 is 0.276 bits per heavy atom. The van der Waals surface area contributed by atoms with Crippen molar-refractivity contribution in [2.24, 2.45) is 0 Å². The van der Waals surface area contributed by atoms with Gasteiger partial charge in [0.05, 0.1) is 33.4 Å². The van der Waals surface area contributed by atoms with Crippen LogP contribution in [0.1, 0.15) is 11.1 Å². The van der Waals surface area contributed by atoms with Crippen LogP contribution in [0.25, 0.3) is 75.9 Å². The normalized spacial score (nSPS) is 12.0. The minimum absolute atomic E-state index is 0.949. The highest BCUT2D eigenvalue weighted by atomic mass is 15.2. The Kier molecular flexibility index (Phi) is 7.02. The van der Waals surface area contributed by atoms with Crippen LogP contribution in [0.4, 0.5) is 34.1 Å². The fourth-order valence-corrected chi connectivity index (χ4v) is 9.73. The van der Waals surface area contributed by atoms with E-state index in [2.05, 4.69) is 206 Å². The van der Waals surface area contributed by atoms with Crippen LogP contribution in [-0.2, 0) is 0 Å². The Labute approximate surface area is 335 Å². The summed E-state index contributed by atoms with van der Waals surface area (Å²) >= 11 is 0. The van der Waals surface area contributed by atoms with E-state index in [1.807, 2.05) is 0 Å². The van der Waals surface area contributed by atoms with Crippen LogP contribution >= 0.6 is 0 Å². The van der Waals surface area contributed by atoms with E-state index in [0.29, 0.717) is 0 Å². The Morgan fingerprint density at radius 3 is 1.14 bits per heavy atom. The molecular formula is C54H36N4. The molecule has 0 saturated carbocycles. The van der Waals surface area contributed by atoms with Gasteiger partial charge in [-0.15, -0.1) is 0 Å². The van der Waals surface area contributed by atoms with Crippen molar-refractivity contribution < 1.29 is 0 Å². The molecule has 4 nitrogen and oxygen atoms in total. The zero-order chi connectivity index (χ0) is 38.5. The average Bonchev–Trinajstić information content (AvgIpc) is 3.79. The highest BCUT2D eigenvalue weighted by molar-refractivity contribution is 6.40. The molecular weight excluding hydrogens is 705 g/mol. The van der Waals surface area contributed by atoms with Gasteiger partial charge in [-0.2, -0.15) is 0 Å². The van der Waals surface area contributed by atoms with E-state index < -0.39 is 0 Å². The van der Waals surface area contributed by atoms with E-state index >= 15 is 0 Å². The highest BCUT2D eigenvalue weighted by Gasteiger charge is 2.28. The molecule has 0 aliphatic heterocycles. The highest BCUT2D eigenvalue weighted by Crippen LogP contribution is 2.52. The van der Waals surface area contributed by atoms with Gasteiger partial charge in [0.2, 0.25) is 0 Å². The number of aryl methyl sites for hydroxylation is 1. The molecule has 0 spiro atoms. The third kappa shape index (κ3) is 4.51. The number of para-hydroxylation sites is 4. The van der Waals surface area contributed by atoms with Crippen molar-refractivity contribution in [3.05, 3.63) is 193 Å². The van der Waals surface area contributed by atoms with Crippen LogP contribution in [0.5, 0.6) is 0 Å². The Morgan fingerprint density at radius 2 is 0.638 bits per heavy atom. The minimum atomic E-state index is 0.949. The maximum absolute atomic E-state index is 5.73. The molecule has 0 aliphatic carbocycles. The van der Waals surface area contributed by atoms with E-state index in [9.17, 15) is 0 Å². The van der Waals surface area contributed by atoms with Crippen molar-refractivity contribution >= 4 is 110 Å². The van der Waals surface area contributed by atoms with E-state index in [0.717, 1.165) is 66.7 Å². The van der Waals surface area contributed by atoms with Crippen molar-refractivity contribution in [1.29, 1.82) is 0 Å². The largest absolute Gasteiger partial charge is 0.310 e. The van der Waals surface area contributed by atoms with Crippen molar-refractivity contribution in [3.63, 3.8) is 0 Å². The van der Waals surface area contributed by atoms with Gasteiger partial charge in [0, 0.05) is 71.2 Å². The molecule has 12 aromatic rings. The van der Waals surface area contributed by atoms with Crippen LogP contribution in [0.3, 0.4) is 0 Å². The molecule has 0 radical (unpaired) electrons. The third-order valence-electron chi connectivity index (χ3n) is 12.3. The molecule has 0 unspecified atom stereocenters. The first-order valence-electron chi connectivity index (χ1n) is 19.9. The first-order chi connectivity index (χ1) is 28.7. The molecule has 272 valence electrons. The molecule has 12 rings (SSSR count). The van der Waals surface area contributed by atoms with Gasteiger partial charge in [0.15, 0.2) is 0 Å². The van der Waals surface area contributed by atoms with Crippen molar-refractivity contribution in [2.75, 3.05) is 9.80 Å². The van der Waals surface area contributed by atoms with Gasteiger partial charge in [0.25, 0.3) is 0 Å². The molecule has 0 atom stereocenters. The molecule has 1 aromatic heterocycles. The molecule has 0 bridgehead atoms. The van der Waals surface area contributed by atoms with E-state index in [1.165, 1.54) is 54.5 Å². The van der Waals surface area contributed by atoms with Gasteiger partial charge < -0.3 is 9.80 Å². The molecule has 0 N–H and O–H groups in total. The van der Waals surface area contributed by atoms with Crippen molar-refractivity contribution in [3.8, 4) is 0 Å². The van der Waals surface area contributed by atoms with E-state index in [4.69, 9.17) is 9.97 Å². The Balaban J connectivity index is 1.20. The second-order valence-electron chi connectivity index (χ2n) is 15.3. The second kappa shape index (κ2) is 12.5. The number of anilines is 6. The van der Waals surface area contributed by atoms with Crippen LogP contribution in [-0.4, -0.2) is 9.97 Å². The van der Waals surface area contributed by atoms with Gasteiger partial charge in [-0.1, -0.05) is 133 Å². The number of rotatable bonds is 6. The topological polar surface area (TPSA) is 32.3 Å². The summed E-state index contributed by atoms with van der Waals surface area (Å²) in [4.78, 5) is 16.3. The second-order valence-corrected chi connectivity index (χ2v) is 15.3. The smallest absolute Gasteiger partial charge is 0.0986 e. The van der Waals surface area contributed by atoms with Gasteiger partial charge in [-0.05, 0) is 78.9 Å².